The summed E-state index contributed by atoms with van der Waals surface area (Å²) in [5.74, 6) is -0.184. The zero-order valence-electron chi connectivity index (χ0n) is 16.3. The molecule has 0 N–H and O–H groups in total. The molecular weight excluding hydrogens is 337 g/mol. The molecule has 2 aliphatic heterocycles. The van der Waals surface area contributed by atoms with Crippen molar-refractivity contribution in [2.75, 3.05) is 50.7 Å². The van der Waals surface area contributed by atoms with Gasteiger partial charge in [0.15, 0.2) is 0 Å². The van der Waals surface area contributed by atoms with Crippen LogP contribution in [0.5, 0.6) is 0 Å². The van der Waals surface area contributed by atoms with Gasteiger partial charge >= 0.3 is 0 Å². The summed E-state index contributed by atoms with van der Waals surface area (Å²) in [5.41, 5.74) is 3.51. The van der Waals surface area contributed by atoms with Gasteiger partial charge in [-0.05, 0) is 54.8 Å². The van der Waals surface area contributed by atoms with Gasteiger partial charge in [-0.1, -0.05) is 31.2 Å². The van der Waals surface area contributed by atoms with E-state index in [-0.39, 0.29) is 5.82 Å². The maximum atomic E-state index is 13.2. The number of likely N-dealkylation sites (N-methyl/N-ethyl adjacent to an activating group) is 1. The lowest BCUT2D eigenvalue weighted by atomic mass is 10.00. The summed E-state index contributed by atoms with van der Waals surface area (Å²) in [4.78, 5) is 7.76. The molecule has 0 atom stereocenters. The highest BCUT2D eigenvalue weighted by Crippen LogP contribution is 2.28. The lowest BCUT2D eigenvalue weighted by Crippen LogP contribution is -2.53. The molecule has 2 heterocycles. The summed E-state index contributed by atoms with van der Waals surface area (Å²) in [6, 6.07) is 16.2. The van der Waals surface area contributed by atoms with Gasteiger partial charge in [0.2, 0.25) is 0 Å². The summed E-state index contributed by atoms with van der Waals surface area (Å²) in [5, 5.41) is 0. The van der Waals surface area contributed by atoms with E-state index < -0.39 is 0 Å². The van der Waals surface area contributed by atoms with Crippen LogP contribution in [0.4, 0.5) is 10.1 Å². The monoisotopic (exact) mass is 367 g/mol. The molecular formula is C23H30FN3. The average molecular weight is 368 g/mol. The number of piperidine rings is 1. The van der Waals surface area contributed by atoms with E-state index in [1.165, 1.54) is 63.4 Å². The zero-order chi connectivity index (χ0) is 18.6. The van der Waals surface area contributed by atoms with Crippen molar-refractivity contribution in [2.45, 2.75) is 25.8 Å². The lowest BCUT2D eigenvalue weighted by Gasteiger charge is -2.43. The molecule has 2 fully saturated rings. The average Bonchev–Trinajstić information content (AvgIpc) is 2.75. The number of anilines is 1. The Bertz CT molecular complexity index is 730. The molecule has 2 aromatic rings. The first-order valence-electron chi connectivity index (χ1n) is 10.3. The van der Waals surface area contributed by atoms with E-state index in [2.05, 4.69) is 45.9 Å². The number of nitrogens with zero attached hydrogens (tertiary/aromatic N) is 3. The second-order valence-electron chi connectivity index (χ2n) is 7.75. The Morgan fingerprint density at radius 2 is 1.56 bits per heavy atom. The van der Waals surface area contributed by atoms with Crippen LogP contribution in [-0.2, 0) is 0 Å². The van der Waals surface area contributed by atoms with Crippen LogP contribution in [0, 0.1) is 5.82 Å². The summed E-state index contributed by atoms with van der Waals surface area (Å²) in [6.45, 7) is 10.5. The Hall–Kier alpha value is -1.91. The molecule has 2 aromatic carbocycles. The van der Waals surface area contributed by atoms with E-state index in [1.807, 2.05) is 12.1 Å². The van der Waals surface area contributed by atoms with E-state index in [0.717, 1.165) is 30.3 Å². The quantitative estimate of drug-likeness (QED) is 0.806. The van der Waals surface area contributed by atoms with Crippen LogP contribution < -0.4 is 4.90 Å². The molecule has 2 aliphatic rings. The zero-order valence-corrected chi connectivity index (χ0v) is 16.3. The van der Waals surface area contributed by atoms with Crippen LogP contribution in [0.25, 0.3) is 11.1 Å². The third-order valence-corrected chi connectivity index (χ3v) is 6.22. The highest BCUT2D eigenvalue weighted by Gasteiger charge is 2.27. The van der Waals surface area contributed by atoms with Gasteiger partial charge in [0.1, 0.15) is 5.82 Å². The van der Waals surface area contributed by atoms with Crippen molar-refractivity contribution in [3.8, 4) is 11.1 Å². The third-order valence-electron chi connectivity index (χ3n) is 6.22. The van der Waals surface area contributed by atoms with Crippen molar-refractivity contribution >= 4 is 5.69 Å². The second-order valence-corrected chi connectivity index (χ2v) is 7.75. The highest BCUT2D eigenvalue weighted by molar-refractivity contribution is 5.68. The van der Waals surface area contributed by atoms with Gasteiger partial charge in [-0.15, -0.1) is 0 Å². The maximum Gasteiger partial charge on any atom is 0.123 e. The number of hydrogen-bond acceptors (Lipinski definition) is 3. The molecule has 0 radical (unpaired) electrons. The van der Waals surface area contributed by atoms with Gasteiger partial charge in [-0.25, -0.2) is 4.39 Å². The molecule has 144 valence electrons. The van der Waals surface area contributed by atoms with Crippen LogP contribution in [-0.4, -0.2) is 61.7 Å². The minimum Gasteiger partial charge on any atom is -0.371 e. The first-order valence-corrected chi connectivity index (χ1v) is 10.3. The van der Waals surface area contributed by atoms with Crippen molar-refractivity contribution in [3.05, 3.63) is 54.3 Å². The van der Waals surface area contributed by atoms with Crippen LogP contribution in [0.3, 0.4) is 0 Å². The van der Waals surface area contributed by atoms with E-state index in [1.54, 1.807) is 0 Å². The Morgan fingerprint density at radius 3 is 2.22 bits per heavy atom. The molecule has 0 amide bonds. The first-order chi connectivity index (χ1) is 13.2. The number of hydrogen-bond donors (Lipinski definition) is 0. The Kier molecular flexibility index (Phi) is 5.74. The summed E-state index contributed by atoms with van der Waals surface area (Å²) in [6.07, 6.45) is 2.49. The minimum atomic E-state index is -0.184. The Labute approximate surface area is 162 Å². The number of halogens is 1. The standard InChI is InChI=1S/C23H30FN3/c1-2-25-14-16-27(17-15-25)22-10-12-26(13-11-22)23-5-3-4-20(18-23)19-6-8-21(24)9-7-19/h3-9,18,22H,2,10-17H2,1H3. The number of piperazine rings is 1. The van der Waals surface area contributed by atoms with Crippen molar-refractivity contribution in [1.82, 2.24) is 9.80 Å². The molecule has 2 saturated heterocycles. The first kappa shape index (κ1) is 18.5. The largest absolute Gasteiger partial charge is 0.371 e. The van der Waals surface area contributed by atoms with Crippen LogP contribution in [0.15, 0.2) is 48.5 Å². The fourth-order valence-corrected chi connectivity index (χ4v) is 4.46. The Morgan fingerprint density at radius 1 is 0.852 bits per heavy atom. The maximum absolute atomic E-state index is 13.2. The highest BCUT2D eigenvalue weighted by atomic mass is 19.1. The fourth-order valence-electron chi connectivity index (χ4n) is 4.46. The molecule has 3 nitrogen and oxygen atoms in total. The SMILES string of the molecule is CCN1CCN(C2CCN(c3cccc(-c4ccc(F)cc4)c3)CC2)CC1. The fraction of sp³-hybridized carbons (Fsp3) is 0.478. The smallest absolute Gasteiger partial charge is 0.123 e. The van der Waals surface area contributed by atoms with Crippen molar-refractivity contribution in [3.63, 3.8) is 0 Å². The van der Waals surface area contributed by atoms with Gasteiger partial charge in [-0.3, -0.25) is 4.90 Å². The van der Waals surface area contributed by atoms with Gasteiger partial charge in [0.25, 0.3) is 0 Å². The van der Waals surface area contributed by atoms with Crippen LogP contribution in [0.1, 0.15) is 19.8 Å². The van der Waals surface area contributed by atoms with Gasteiger partial charge in [-0.2, -0.15) is 0 Å². The van der Waals surface area contributed by atoms with Crippen LogP contribution >= 0.6 is 0 Å². The second kappa shape index (κ2) is 8.41. The normalized spacial score (nSPS) is 20.1. The van der Waals surface area contributed by atoms with Crippen molar-refractivity contribution in [2.24, 2.45) is 0 Å². The summed E-state index contributed by atoms with van der Waals surface area (Å²) < 4.78 is 13.2. The van der Waals surface area contributed by atoms with Gasteiger partial charge in [0, 0.05) is 51.0 Å². The van der Waals surface area contributed by atoms with E-state index in [9.17, 15) is 4.39 Å². The topological polar surface area (TPSA) is 9.72 Å². The van der Waals surface area contributed by atoms with Crippen molar-refractivity contribution < 1.29 is 4.39 Å². The minimum absolute atomic E-state index is 0.184. The summed E-state index contributed by atoms with van der Waals surface area (Å²) >= 11 is 0. The third kappa shape index (κ3) is 4.33. The van der Waals surface area contributed by atoms with Crippen molar-refractivity contribution in [1.29, 1.82) is 0 Å². The van der Waals surface area contributed by atoms with E-state index in [0.29, 0.717) is 0 Å². The molecule has 27 heavy (non-hydrogen) atoms. The molecule has 4 heteroatoms. The molecule has 0 aromatic heterocycles. The number of benzene rings is 2. The molecule has 0 spiro atoms. The predicted octanol–water partition coefficient (Wildman–Crippen LogP) is 4.10. The van der Waals surface area contributed by atoms with E-state index >= 15 is 0 Å². The molecule has 0 bridgehead atoms. The Balaban J connectivity index is 1.37. The molecule has 0 saturated carbocycles. The molecule has 0 unspecified atom stereocenters. The molecule has 4 rings (SSSR count). The molecule has 0 aliphatic carbocycles. The van der Waals surface area contributed by atoms with Gasteiger partial charge in [0.05, 0.1) is 0 Å². The predicted molar refractivity (Wildman–Crippen MR) is 111 cm³/mol. The number of rotatable bonds is 4. The lowest BCUT2D eigenvalue weighted by molar-refractivity contribution is 0.0878. The van der Waals surface area contributed by atoms with Crippen LogP contribution in [0.2, 0.25) is 0 Å². The van der Waals surface area contributed by atoms with Gasteiger partial charge < -0.3 is 9.80 Å². The summed E-state index contributed by atoms with van der Waals surface area (Å²) in [7, 11) is 0. The van der Waals surface area contributed by atoms with E-state index in [4.69, 9.17) is 0 Å².